The molecule has 1 aliphatic carbocycles. The number of rotatable bonds is 3. The smallest absolute Gasteiger partial charge is 0.238 e. The molecule has 0 aliphatic heterocycles. The van der Waals surface area contributed by atoms with Crippen molar-refractivity contribution < 1.29 is 13.2 Å². The van der Waals surface area contributed by atoms with Gasteiger partial charge in [0.25, 0.3) is 0 Å². The molecule has 2 rings (SSSR count). The maximum absolute atomic E-state index is 11.6. The van der Waals surface area contributed by atoms with Crippen LogP contribution in [0.4, 0.5) is 0 Å². The number of nitrogens with two attached hydrogens (primary N) is 1. The third kappa shape index (κ3) is 2.24. The van der Waals surface area contributed by atoms with Crippen LogP contribution in [0.1, 0.15) is 23.2 Å². The fourth-order valence-electron chi connectivity index (χ4n) is 1.39. The predicted molar refractivity (Wildman–Crippen MR) is 54.9 cm³/mol. The van der Waals surface area contributed by atoms with Gasteiger partial charge in [0.15, 0.2) is 5.78 Å². The first-order valence-electron chi connectivity index (χ1n) is 4.65. The molecule has 0 saturated heterocycles. The summed E-state index contributed by atoms with van der Waals surface area (Å²) in [6.45, 7) is 0. The maximum atomic E-state index is 11.6. The van der Waals surface area contributed by atoms with Crippen LogP contribution in [-0.4, -0.2) is 14.2 Å². The molecule has 0 amide bonds. The second kappa shape index (κ2) is 3.43. The molecule has 0 bridgehead atoms. The lowest BCUT2D eigenvalue weighted by Gasteiger charge is -2.00. The Kier molecular flexibility index (Phi) is 2.36. The number of sulfonamides is 1. The Morgan fingerprint density at radius 1 is 1.20 bits per heavy atom. The zero-order chi connectivity index (χ0) is 11.1. The zero-order valence-corrected chi connectivity index (χ0v) is 8.83. The normalized spacial score (nSPS) is 16.3. The number of ketones is 1. The highest BCUT2D eigenvalue weighted by Gasteiger charge is 2.30. The van der Waals surface area contributed by atoms with E-state index < -0.39 is 10.0 Å². The van der Waals surface area contributed by atoms with Crippen LogP contribution < -0.4 is 5.14 Å². The fraction of sp³-hybridized carbons (Fsp3) is 0.300. The van der Waals surface area contributed by atoms with E-state index in [0.29, 0.717) is 5.56 Å². The van der Waals surface area contributed by atoms with Gasteiger partial charge in [-0.3, -0.25) is 4.79 Å². The summed E-state index contributed by atoms with van der Waals surface area (Å²) in [6, 6.07) is 5.76. The molecule has 0 heterocycles. The van der Waals surface area contributed by atoms with Gasteiger partial charge >= 0.3 is 0 Å². The largest absolute Gasteiger partial charge is 0.294 e. The van der Waals surface area contributed by atoms with E-state index in [9.17, 15) is 13.2 Å². The van der Waals surface area contributed by atoms with E-state index in [-0.39, 0.29) is 16.6 Å². The Balaban J connectivity index is 2.27. The molecular weight excluding hydrogens is 214 g/mol. The molecule has 1 fully saturated rings. The van der Waals surface area contributed by atoms with Crippen LogP contribution in [0.25, 0.3) is 0 Å². The van der Waals surface area contributed by atoms with Crippen molar-refractivity contribution in [2.24, 2.45) is 11.1 Å². The topological polar surface area (TPSA) is 77.2 Å². The van der Waals surface area contributed by atoms with Gasteiger partial charge in [-0.05, 0) is 25.0 Å². The van der Waals surface area contributed by atoms with E-state index in [2.05, 4.69) is 0 Å². The van der Waals surface area contributed by atoms with Gasteiger partial charge < -0.3 is 0 Å². The van der Waals surface area contributed by atoms with Crippen LogP contribution >= 0.6 is 0 Å². The molecule has 1 aromatic rings. The number of carbonyl (C=O) groups is 1. The summed E-state index contributed by atoms with van der Waals surface area (Å²) in [4.78, 5) is 11.6. The molecule has 0 aromatic heterocycles. The standard InChI is InChI=1S/C10H11NO3S/c11-15(13,14)9-5-3-8(4-6-9)10(12)7-1-2-7/h3-7H,1-2H2,(H2,11,13,14). The molecule has 0 radical (unpaired) electrons. The summed E-state index contributed by atoms with van der Waals surface area (Å²) in [5.41, 5.74) is 0.560. The van der Waals surface area contributed by atoms with Crippen LogP contribution in [0.2, 0.25) is 0 Å². The molecule has 1 aromatic carbocycles. The highest BCUT2D eigenvalue weighted by atomic mass is 32.2. The van der Waals surface area contributed by atoms with E-state index in [1.54, 1.807) is 0 Å². The monoisotopic (exact) mass is 225 g/mol. The number of benzene rings is 1. The fourth-order valence-corrected chi connectivity index (χ4v) is 1.91. The van der Waals surface area contributed by atoms with Crippen molar-refractivity contribution in [3.8, 4) is 0 Å². The Morgan fingerprint density at radius 3 is 2.13 bits per heavy atom. The summed E-state index contributed by atoms with van der Waals surface area (Å²) in [5.74, 6) is 0.237. The van der Waals surface area contributed by atoms with Crippen molar-refractivity contribution in [1.82, 2.24) is 0 Å². The van der Waals surface area contributed by atoms with Gasteiger partial charge in [0.2, 0.25) is 10.0 Å². The molecule has 1 aliphatic rings. The molecule has 0 spiro atoms. The van der Waals surface area contributed by atoms with Crippen molar-refractivity contribution in [3.05, 3.63) is 29.8 Å². The third-order valence-corrected chi connectivity index (χ3v) is 3.34. The average Bonchev–Trinajstić information content (AvgIpc) is 2.99. The number of hydrogen-bond acceptors (Lipinski definition) is 3. The first-order chi connectivity index (χ1) is 6.98. The molecule has 15 heavy (non-hydrogen) atoms. The molecule has 5 heteroatoms. The molecule has 0 unspecified atom stereocenters. The molecule has 1 saturated carbocycles. The lowest BCUT2D eigenvalue weighted by Crippen LogP contribution is -2.12. The second-order valence-electron chi connectivity index (χ2n) is 3.71. The van der Waals surface area contributed by atoms with E-state index in [4.69, 9.17) is 5.14 Å². The zero-order valence-electron chi connectivity index (χ0n) is 8.01. The van der Waals surface area contributed by atoms with Crippen molar-refractivity contribution in [2.75, 3.05) is 0 Å². The average molecular weight is 225 g/mol. The minimum atomic E-state index is -3.66. The molecule has 2 N–H and O–H groups in total. The lowest BCUT2D eigenvalue weighted by atomic mass is 10.1. The van der Waals surface area contributed by atoms with Crippen LogP contribution in [0.15, 0.2) is 29.2 Å². The molecule has 0 atom stereocenters. The summed E-state index contributed by atoms with van der Waals surface area (Å²) in [6.07, 6.45) is 1.88. The Bertz CT molecular complexity index is 486. The van der Waals surface area contributed by atoms with E-state index in [1.165, 1.54) is 24.3 Å². The van der Waals surface area contributed by atoms with Gasteiger partial charge in [-0.15, -0.1) is 0 Å². The second-order valence-corrected chi connectivity index (χ2v) is 5.27. The number of hydrogen-bond donors (Lipinski definition) is 1. The molecule has 4 nitrogen and oxygen atoms in total. The van der Waals surface area contributed by atoms with Crippen LogP contribution in [0.5, 0.6) is 0 Å². The Hall–Kier alpha value is -1.20. The molecule has 80 valence electrons. The highest BCUT2D eigenvalue weighted by Crippen LogP contribution is 2.32. The van der Waals surface area contributed by atoms with Crippen LogP contribution in [0.3, 0.4) is 0 Å². The van der Waals surface area contributed by atoms with E-state index in [0.717, 1.165) is 12.8 Å². The van der Waals surface area contributed by atoms with Crippen molar-refractivity contribution in [1.29, 1.82) is 0 Å². The predicted octanol–water partition coefficient (Wildman–Crippen LogP) is 0.927. The number of Topliss-reactive ketones (excluding diaryl/α,β-unsaturated/α-hetero) is 1. The van der Waals surface area contributed by atoms with Gasteiger partial charge in [0, 0.05) is 11.5 Å². The summed E-state index contributed by atoms with van der Waals surface area (Å²) in [7, 11) is -3.66. The highest BCUT2D eigenvalue weighted by molar-refractivity contribution is 7.89. The van der Waals surface area contributed by atoms with Crippen molar-refractivity contribution in [3.63, 3.8) is 0 Å². The molecular formula is C10H11NO3S. The Labute approximate surface area is 88.1 Å². The van der Waals surface area contributed by atoms with Crippen molar-refractivity contribution >= 4 is 15.8 Å². The SMILES string of the molecule is NS(=O)(=O)c1ccc(C(=O)C2CC2)cc1. The Morgan fingerprint density at radius 2 is 1.73 bits per heavy atom. The maximum Gasteiger partial charge on any atom is 0.238 e. The van der Waals surface area contributed by atoms with Gasteiger partial charge in [0.05, 0.1) is 4.90 Å². The number of primary sulfonamides is 1. The van der Waals surface area contributed by atoms with Crippen LogP contribution in [0, 0.1) is 5.92 Å². The van der Waals surface area contributed by atoms with E-state index in [1.807, 2.05) is 0 Å². The van der Waals surface area contributed by atoms with Gasteiger partial charge in [-0.2, -0.15) is 0 Å². The van der Waals surface area contributed by atoms with E-state index >= 15 is 0 Å². The summed E-state index contributed by atoms with van der Waals surface area (Å²) in [5, 5.41) is 4.94. The van der Waals surface area contributed by atoms with Crippen molar-refractivity contribution in [2.45, 2.75) is 17.7 Å². The van der Waals surface area contributed by atoms with Crippen LogP contribution in [-0.2, 0) is 10.0 Å². The van der Waals surface area contributed by atoms with Gasteiger partial charge in [-0.25, -0.2) is 13.6 Å². The first-order valence-corrected chi connectivity index (χ1v) is 6.20. The van der Waals surface area contributed by atoms with Gasteiger partial charge in [-0.1, -0.05) is 12.1 Å². The first kappa shape index (κ1) is 10.3. The summed E-state index contributed by atoms with van der Waals surface area (Å²) >= 11 is 0. The summed E-state index contributed by atoms with van der Waals surface area (Å²) < 4.78 is 21.9. The quantitative estimate of drug-likeness (QED) is 0.777. The minimum absolute atomic E-state index is 0.0369. The third-order valence-electron chi connectivity index (χ3n) is 2.42. The van der Waals surface area contributed by atoms with Gasteiger partial charge in [0.1, 0.15) is 0 Å². The minimum Gasteiger partial charge on any atom is -0.294 e. The lowest BCUT2D eigenvalue weighted by molar-refractivity contribution is 0.0967. The number of carbonyl (C=O) groups excluding carboxylic acids is 1.